The summed E-state index contributed by atoms with van der Waals surface area (Å²) in [4.78, 5) is 2.60. The fraction of sp³-hybridized carbons (Fsp3) is 0.684. The van der Waals surface area contributed by atoms with Gasteiger partial charge in [-0.15, -0.1) is 0 Å². The topological polar surface area (TPSA) is 15.3 Å². The molecule has 0 aliphatic heterocycles. The first kappa shape index (κ1) is 16.5. The summed E-state index contributed by atoms with van der Waals surface area (Å²) < 4.78 is 0. The first-order valence-corrected chi connectivity index (χ1v) is 8.69. The van der Waals surface area contributed by atoms with Gasteiger partial charge >= 0.3 is 0 Å². The van der Waals surface area contributed by atoms with Gasteiger partial charge < -0.3 is 10.2 Å². The van der Waals surface area contributed by atoms with Crippen molar-refractivity contribution in [3.63, 3.8) is 0 Å². The molecule has 0 aromatic heterocycles. The molecule has 1 saturated carbocycles. The van der Waals surface area contributed by atoms with Crippen LogP contribution >= 0.6 is 0 Å². The average molecular weight is 288 g/mol. The summed E-state index contributed by atoms with van der Waals surface area (Å²) in [5, 5.41) is 3.64. The van der Waals surface area contributed by atoms with Crippen LogP contribution < -0.4 is 5.32 Å². The van der Waals surface area contributed by atoms with Crippen LogP contribution in [0.1, 0.15) is 57.6 Å². The van der Waals surface area contributed by atoms with Crippen LogP contribution in [0.25, 0.3) is 0 Å². The summed E-state index contributed by atoms with van der Waals surface area (Å²) in [6.07, 6.45) is 6.78. The molecule has 1 N–H and O–H groups in total. The molecule has 0 saturated heterocycles. The molecule has 0 radical (unpaired) electrons. The fourth-order valence-electron chi connectivity index (χ4n) is 3.52. The highest BCUT2D eigenvalue weighted by atomic mass is 15.1. The molecule has 2 rings (SSSR count). The highest BCUT2D eigenvalue weighted by Gasteiger charge is 2.22. The molecule has 0 amide bonds. The molecule has 1 aliphatic carbocycles. The Morgan fingerprint density at radius 3 is 2.43 bits per heavy atom. The van der Waals surface area contributed by atoms with E-state index in [1.165, 1.54) is 44.2 Å². The van der Waals surface area contributed by atoms with Crippen molar-refractivity contribution >= 4 is 0 Å². The van der Waals surface area contributed by atoms with Gasteiger partial charge in [-0.25, -0.2) is 0 Å². The molecule has 21 heavy (non-hydrogen) atoms. The Hall–Kier alpha value is -0.860. The van der Waals surface area contributed by atoms with Crippen molar-refractivity contribution < 1.29 is 0 Å². The molecule has 1 aliphatic rings. The van der Waals surface area contributed by atoms with Gasteiger partial charge in [0.25, 0.3) is 0 Å². The lowest BCUT2D eigenvalue weighted by atomic mass is 9.86. The minimum Gasteiger partial charge on any atom is -0.310 e. The molecular formula is C19H32N2. The minimum atomic E-state index is 0.487. The molecule has 2 nitrogen and oxygen atoms in total. The second kappa shape index (κ2) is 8.55. The lowest BCUT2D eigenvalue weighted by Crippen LogP contribution is -2.37. The minimum absolute atomic E-state index is 0.487. The van der Waals surface area contributed by atoms with Crippen LogP contribution in [0.15, 0.2) is 30.3 Å². The molecule has 0 heterocycles. The second-order valence-electron chi connectivity index (χ2n) is 6.70. The third kappa shape index (κ3) is 5.12. The molecule has 2 heteroatoms. The normalized spacial score (nSPS) is 24.2. The first-order valence-electron chi connectivity index (χ1n) is 8.69. The fourth-order valence-corrected chi connectivity index (χ4v) is 3.52. The van der Waals surface area contributed by atoms with Crippen LogP contribution in [0, 0.1) is 5.92 Å². The quantitative estimate of drug-likeness (QED) is 0.807. The van der Waals surface area contributed by atoms with Crippen molar-refractivity contribution in [1.82, 2.24) is 10.2 Å². The smallest absolute Gasteiger partial charge is 0.0332 e. The van der Waals surface area contributed by atoms with E-state index in [0.717, 1.165) is 18.5 Å². The van der Waals surface area contributed by atoms with E-state index in [0.29, 0.717) is 6.04 Å². The molecule has 1 unspecified atom stereocenters. The van der Waals surface area contributed by atoms with E-state index in [-0.39, 0.29) is 0 Å². The number of hydrogen-bond acceptors (Lipinski definition) is 2. The Morgan fingerprint density at radius 2 is 1.81 bits per heavy atom. The van der Waals surface area contributed by atoms with Gasteiger partial charge in [0, 0.05) is 12.1 Å². The standard InChI is InChI=1S/C19H32N2/c1-4-20-19(17-8-6-5-7-9-17)14-15-21(3)18-12-10-16(2)11-13-18/h5-9,16,18-20H,4,10-15H2,1-3H3. The molecule has 0 bridgehead atoms. The Labute approximate surface area is 130 Å². The maximum absolute atomic E-state index is 3.64. The average Bonchev–Trinajstić information content (AvgIpc) is 2.52. The molecule has 0 spiro atoms. The number of rotatable bonds is 7. The van der Waals surface area contributed by atoms with Crippen LogP contribution in [0.2, 0.25) is 0 Å². The summed E-state index contributed by atoms with van der Waals surface area (Å²) in [5.41, 5.74) is 1.42. The van der Waals surface area contributed by atoms with Gasteiger partial charge in [0.2, 0.25) is 0 Å². The Morgan fingerprint density at radius 1 is 1.14 bits per heavy atom. The van der Waals surface area contributed by atoms with E-state index >= 15 is 0 Å². The van der Waals surface area contributed by atoms with Crippen LogP contribution in [0.3, 0.4) is 0 Å². The van der Waals surface area contributed by atoms with Crippen LogP contribution in [0.4, 0.5) is 0 Å². The van der Waals surface area contributed by atoms with E-state index in [2.05, 4.69) is 61.4 Å². The summed E-state index contributed by atoms with van der Waals surface area (Å²) in [5.74, 6) is 0.938. The molecule has 118 valence electrons. The maximum Gasteiger partial charge on any atom is 0.0332 e. The zero-order valence-electron chi connectivity index (χ0n) is 14.0. The summed E-state index contributed by atoms with van der Waals surface area (Å²) in [7, 11) is 2.31. The van der Waals surface area contributed by atoms with E-state index in [1.54, 1.807) is 0 Å². The summed E-state index contributed by atoms with van der Waals surface area (Å²) in [6, 6.07) is 12.2. The second-order valence-corrected chi connectivity index (χ2v) is 6.70. The van der Waals surface area contributed by atoms with Gasteiger partial charge in [-0.1, -0.05) is 44.2 Å². The van der Waals surface area contributed by atoms with Gasteiger partial charge in [0.1, 0.15) is 0 Å². The predicted molar refractivity (Wildman–Crippen MR) is 91.5 cm³/mol. The Balaban J connectivity index is 1.84. The molecular weight excluding hydrogens is 256 g/mol. The lowest BCUT2D eigenvalue weighted by Gasteiger charge is -2.34. The van der Waals surface area contributed by atoms with Gasteiger partial charge in [-0.05, 0) is 63.7 Å². The zero-order valence-corrected chi connectivity index (χ0v) is 14.0. The molecule has 1 aromatic rings. The number of nitrogens with zero attached hydrogens (tertiary/aromatic N) is 1. The number of hydrogen-bond donors (Lipinski definition) is 1. The number of benzene rings is 1. The van der Waals surface area contributed by atoms with Crippen molar-refractivity contribution in [2.45, 2.75) is 58.0 Å². The number of nitrogens with one attached hydrogen (secondary N) is 1. The summed E-state index contributed by atoms with van der Waals surface area (Å²) in [6.45, 7) is 6.81. The van der Waals surface area contributed by atoms with Crippen LogP contribution in [0.5, 0.6) is 0 Å². The van der Waals surface area contributed by atoms with Crippen LogP contribution in [-0.2, 0) is 0 Å². The van der Waals surface area contributed by atoms with E-state index < -0.39 is 0 Å². The molecule has 1 aromatic carbocycles. The SMILES string of the molecule is CCNC(CCN(C)C1CCC(C)CC1)c1ccccc1. The Bertz CT molecular complexity index is 382. The Kier molecular flexibility index (Phi) is 6.72. The van der Waals surface area contributed by atoms with Gasteiger partial charge in [-0.3, -0.25) is 0 Å². The largest absolute Gasteiger partial charge is 0.310 e. The highest BCUT2D eigenvalue weighted by molar-refractivity contribution is 5.18. The zero-order chi connectivity index (χ0) is 15.1. The summed E-state index contributed by atoms with van der Waals surface area (Å²) >= 11 is 0. The van der Waals surface area contributed by atoms with Crippen molar-refractivity contribution in [1.29, 1.82) is 0 Å². The van der Waals surface area contributed by atoms with Gasteiger partial charge in [0.15, 0.2) is 0 Å². The lowest BCUT2D eigenvalue weighted by molar-refractivity contribution is 0.164. The van der Waals surface area contributed by atoms with Crippen molar-refractivity contribution in [2.24, 2.45) is 5.92 Å². The van der Waals surface area contributed by atoms with Gasteiger partial charge in [-0.2, -0.15) is 0 Å². The van der Waals surface area contributed by atoms with Crippen molar-refractivity contribution in [3.05, 3.63) is 35.9 Å². The van der Waals surface area contributed by atoms with Crippen LogP contribution in [-0.4, -0.2) is 31.1 Å². The van der Waals surface area contributed by atoms with E-state index in [9.17, 15) is 0 Å². The first-order chi connectivity index (χ1) is 10.2. The van der Waals surface area contributed by atoms with Crippen molar-refractivity contribution in [2.75, 3.05) is 20.1 Å². The predicted octanol–water partition coefficient (Wildman–Crippen LogP) is 4.24. The highest BCUT2D eigenvalue weighted by Crippen LogP contribution is 2.27. The molecule has 1 atom stereocenters. The monoisotopic (exact) mass is 288 g/mol. The molecule has 1 fully saturated rings. The maximum atomic E-state index is 3.64. The van der Waals surface area contributed by atoms with Gasteiger partial charge in [0.05, 0.1) is 0 Å². The van der Waals surface area contributed by atoms with E-state index in [1.807, 2.05) is 0 Å². The third-order valence-corrected chi connectivity index (χ3v) is 5.03. The van der Waals surface area contributed by atoms with Crippen molar-refractivity contribution in [3.8, 4) is 0 Å². The van der Waals surface area contributed by atoms with E-state index in [4.69, 9.17) is 0 Å². The third-order valence-electron chi connectivity index (χ3n) is 5.03.